The third kappa shape index (κ3) is 2.76. The van der Waals surface area contributed by atoms with Gasteiger partial charge in [0, 0.05) is 19.6 Å². The van der Waals surface area contributed by atoms with Gasteiger partial charge in [0.25, 0.3) is 10.2 Å². The van der Waals surface area contributed by atoms with Crippen LogP contribution in [0.3, 0.4) is 0 Å². The highest BCUT2D eigenvalue weighted by Crippen LogP contribution is 2.21. The van der Waals surface area contributed by atoms with E-state index in [0.717, 1.165) is 4.31 Å². The summed E-state index contributed by atoms with van der Waals surface area (Å²) >= 11 is 0. The first-order chi connectivity index (χ1) is 8.00. The first-order valence-electron chi connectivity index (χ1n) is 5.66. The van der Waals surface area contributed by atoms with Gasteiger partial charge in [0.15, 0.2) is 0 Å². The standard InChI is InChI=1S/C9H17N3O4S/c10-17(14,15)12-3-1-2-8(12)9(13)11-4-6-16-7-5-11/h8H,1-7H2,(H2,10,14,15). The second kappa shape index (κ2) is 4.89. The van der Waals surface area contributed by atoms with Crippen LogP contribution in [-0.2, 0) is 19.7 Å². The van der Waals surface area contributed by atoms with Crippen LogP contribution in [0.5, 0.6) is 0 Å². The zero-order chi connectivity index (χ0) is 12.5. The molecule has 0 aromatic heterocycles. The van der Waals surface area contributed by atoms with Crippen molar-refractivity contribution in [1.82, 2.24) is 9.21 Å². The molecule has 0 radical (unpaired) electrons. The van der Waals surface area contributed by atoms with Crippen LogP contribution in [0.15, 0.2) is 0 Å². The Labute approximate surface area is 101 Å². The molecule has 2 heterocycles. The van der Waals surface area contributed by atoms with Crippen LogP contribution in [0.25, 0.3) is 0 Å². The van der Waals surface area contributed by atoms with Crippen molar-refractivity contribution in [3.63, 3.8) is 0 Å². The van der Waals surface area contributed by atoms with Gasteiger partial charge in [0.05, 0.1) is 13.2 Å². The van der Waals surface area contributed by atoms with E-state index in [0.29, 0.717) is 45.7 Å². The summed E-state index contributed by atoms with van der Waals surface area (Å²) in [6.07, 6.45) is 1.23. The van der Waals surface area contributed by atoms with Gasteiger partial charge in [-0.1, -0.05) is 0 Å². The molecule has 2 aliphatic rings. The summed E-state index contributed by atoms with van der Waals surface area (Å²) in [5.74, 6) is -0.153. The van der Waals surface area contributed by atoms with Crippen LogP contribution < -0.4 is 5.14 Å². The highest BCUT2D eigenvalue weighted by atomic mass is 32.2. The third-order valence-corrected chi connectivity index (χ3v) is 4.23. The molecule has 17 heavy (non-hydrogen) atoms. The van der Waals surface area contributed by atoms with Crippen molar-refractivity contribution in [2.24, 2.45) is 5.14 Å². The molecule has 2 N–H and O–H groups in total. The fourth-order valence-corrected chi connectivity index (χ4v) is 3.22. The predicted molar refractivity (Wildman–Crippen MR) is 60.2 cm³/mol. The van der Waals surface area contributed by atoms with Gasteiger partial charge < -0.3 is 9.64 Å². The number of nitrogens with zero attached hydrogens (tertiary/aromatic N) is 2. The van der Waals surface area contributed by atoms with Crippen molar-refractivity contribution >= 4 is 16.1 Å². The van der Waals surface area contributed by atoms with Crippen molar-refractivity contribution in [2.45, 2.75) is 18.9 Å². The normalized spacial score (nSPS) is 27.4. The van der Waals surface area contributed by atoms with Crippen LogP contribution in [0.2, 0.25) is 0 Å². The molecule has 1 amide bonds. The van der Waals surface area contributed by atoms with E-state index in [2.05, 4.69) is 0 Å². The van der Waals surface area contributed by atoms with Gasteiger partial charge in [0.1, 0.15) is 6.04 Å². The Morgan fingerprint density at radius 2 is 1.88 bits per heavy atom. The van der Waals surface area contributed by atoms with Gasteiger partial charge in [-0.25, -0.2) is 5.14 Å². The molecule has 0 spiro atoms. The van der Waals surface area contributed by atoms with E-state index in [9.17, 15) is 13.2 Å². The first-order valence-corrected chi connectivity index (χ1v) is 7.16. The Balaban J connectivity index is 2.07. The van der Waals surface area contributed by atoms with Gasteiger partial charge in [-0.15, -0.1) is 0 Å². The molecule has 0 aliphatic carbocycles. The number of hydrogen-bond donors (Lipinski definition) is 1. The van der Waals surface area contributed by atoms with E-state index < -0.39 is 16.3 Å². The van der Waals surface area contributed by atoms with E-state index in [1.54, 1.807) is 4.90 Å². The molecule has 98 valence electrons. The maximum absolute atomic E-state index is 12.2. The summed E-state index contributed by atoms with van der Waals surface area (Å²) in [7, 11) is -3.78. The number of carbonyl (C=O) groups excluding carboxylic acids is 1. The number of carbonyl (C=O) groups is 1. The molecule has 7 nitrogen and oxygen atoms in total. The quantitative estimate of drug-likeness (QED) is 0.657. The largest absolute Gasteiger partial charge is 0.378 e. The number of morpholine rings is 1. The lowest BCUT2D eigenvalue weighted by Gasteiger charge is -2.31. The van der Waals surface area contributed by atoms with Crippen LogP contribution in [0, 0.1) is 0 Å². The lowest BCUT2D eigenvalue weighted by molar-refractivity contribution is -0.138. The highest BCUT2D eigenvalue weighted by Gasteiger charge is 2.39. The molecule has 2 saturated heterocycles. The smallest absolute Gasteiger partial charge is 0.277 e. The molecule has 1 unspecified atom stereocenters. The average Bonchev–Trinajstić information content (AvgIpc) is 2.78. The number of amides is 1. The van der Waals surface area contributed by atoms with E-state index >= 15 is 0 Å². The molecule has 1 atom stereocenters. The first kappa shape index (κ1) is 12.7. The SMILES string of the molecule is NS(=O)(=O)N1CCCC1C(=O)N1CCOCC1. The van der Waals surface area contributed by atoms with Crippen LogP contribution in [0.1, 0.15) is 12.8 Å². The molecule has 0 bridgehead atoms. The van der Waals surface area contributed by atoms with Crippen LogP contribution >= 0.6 is 0 Å². The summed E-state index contributed by atoms with van der Waals surface area (Å²) in [6, 6.07) is -0.622. The van der Waals surface area contributed by atoms with Gasteiger partial charge >= 0.3 is 0 Å². The van der Waals surface area contributed by atoms with Crippen molar-refractivity contribution in [3.8, 4) is 0 Å². The second-order valence-corrected chi connectivity index (χ2v) is 5.75. The Morgan fingerprint density at radius 1 is 1.24 bits per heavy atom. The molecule has 8 heteroatoms. The van der Waals surface area contributed by atoms with Crippen molar-refractivity contribution in [2.75, 3.05) is 32.8 Å². The fourth-order valence-electron chi connectivity index (χ4n) is 2.29. The molecule has 2 rings (SSSR count). The molecule has 0 saturated carbocycles. The Kier molecular flexibility index (Phi) is 3.67. The molecular formula is C9H17N3O4S. The van der Waals surface area contributed by atoms with E-state index in [-0.39, 0.29) is 5.91 Å². The minimum Gasteiger partial charge on any atom is -0.378 e. The summed E-state index contributed by atoms with van der Waals surface area (Å²) < 4.78 is 28.9. The Hall–Kier alpha value is -0.700. The van der Waals surface area contributed by atoms with Gasteiger partial charge in [-0.05, 0) is 12.8 Å². The van der Waals surface area contributed by atoms with Crippen molar-refractivity contribution in [1.29, 1.82) is 0 Å². The monoisotopic (exact) mass is 263 g/mol. The molecule has 2 fully saturated rings. The topological polar surface area (TPSA) is 92.9 Å². The summed E-state index contributed by atoms with van der Waals surface area (Å²) in [5, 5.41) is 5.10. The summed E-state index contributed by atoms with van der Waals surface area (Å²) in [4.78, 5) is 13.8. The molecular weight excluding hydrogens is 246 g/mol. The maximum atomic E-state index is 12.2. The average molecular weight is 263 g/mol. The number of nitrogens with two attached hydrogens (primary N) is 1. The number of hydrogen-bond acceptors (Lipinski definition) is 4. The van der Waals surface area contributed by atoms with Crippen molar-refractivity contribution < 1.29 is 17.9 Å². The highest BCUT2D eigenvalue weighted by molar-refractivity contribution is 7.86. The van der Waals surface area contributed by atoms with Crippen LogP contribution in [-0.4, -0.2) is 62.4 Å². The molecule has 2 aliphatic heterocycles. The van der Waals surface area contributed by atoms with Gasteiger partial charge in [-0.3, -0.25) is 4.79 Å². The van der Waals surface area contributed by atoms with E-state index in [1.165, 1.54) is 0 Å². The van der Waals surface area contributed by atoms with Crippen molar-refractivity contribution in [3.05, 3.63) is 0 Å². The molecule has 0 aromatic rings. The Morgan fingerprint density at radius 3 is 2.47 bits per heavy atom. The van der Waals surface area contributed by atoms with Gasteiger partial charge in [-0.2, -0.15) is 12.7 Å². The Bertz CT molecular complexity index is 391. The zero-order valence-corrected chi connectivity index (χ0v) is 10.4. The molecule has 0 aromatic carbocycles. The van der Waals surface area contributed by atoms with Gasteiger partial charge in [0.2, 0.25) is 5.91 Å². The van der Waals surface area contributed by atoms with E-state index in [4.69, 9.17) is 9.88 Å². The lowest BCUT2D eigenvalue weighted by atomic mass is 10.2. The minimum atomic E-state index is -3.78. The minimum absolute atomic E-state index is 0.153. The fraction of sp³-hybridized carbons (Fsp3) is 0.889. The number of rotatable bonds is 2. The second-order valence-electron chi connectivity index (χ2n) is 4.25. The third-order valence-electron chi connectivity index (χ3n) is 3.14. The zero-order valence-electron chi connectivity index (χ0n) is 9.54. The lowest BCUT2D eigenvalue weighted by Crippen LogP contribution is -2.52. The van der Waals surface area contributed by atoms with E-state index in [1.807, 2.05) is 0 Å². The maximum Gasteiger partial charge on any atom is 0.277 e. The predicted octanol–water partition coefficient (Wildman–Crippen LogP) is -1.49. The van der Waals surface area contributed by atoms with Crippen LogP contribution in [0.4, 0.5) is 0 Å². The summed E-state index contributed by atoms with van der Waals surface area (Å²) in [6.45, 7) is 2.39. The summed E-state index contributed by atoms with van der Waals surface area (Å²) in [5.41, 5.74) is 0. The number of ether oxygens (including phenoxy) is 1.